The van der Waals surface area contributed by atoms with Crippen LogP contribution in [0.3, 0.4) is 0 Å². The van der Waals surface area contributed by atoms with Gasteiger partial charge in [-0.2, -0.15) is 10.5 Å². The number of hydrogen-bond acceptors (Lipinski definition) is 2. The molecule has 0 saturated heterocycles. The summed E-state index contributed by atoms with van der Waals surface area (Å²) >= 11 is 0. The summed E-state index contributed by atoms with van der Waals surface area (Å²) in [6.45, 7) is 10.6. The van der Waals surface area contributed by atoms with Crippen LogP contribution in [0.4, 0.5) is 0 Å². The number of nitriles is 2. The highest BCUT2D eigenvalue weighted by Crippen LogP contribution is 2.42. The number of nitrogens with zero attached hydrogens (tertiary/aromatic N) is 4. The predicted octanol–water partition coefficient (Wildman–Crippen LogP) is 14.2. The average molecular weight is 757 g/mol. The molecule has 2 heterocycles. The zero-order chi connectivity index (χ0) is 40.5. The number of rotatable bonds is 5. The van der Waals surface area contributed by atoms with Crippen molar-refractivity contribution in [2.45, 2.75) is 34.6 Å². The van der Waals surface area contributed by atoms with Crippen molar-refractivity contribution < 1.29 is 0 Å². The van der Waals surface area contributed by atoms with Gasteiger partial charge >= 0.3 is 0 Å². The van der Waals surface area contributed by atoms with Gasteiger partial charge in [0.05, 0.1) is 50.6 Å². The number of hydrogen-bond donors (Lipinski definition) is 0. The largest absolute Gasteiger partial charge is 0.309 e. The first-order valence-corrected chi connectivity index (χ1v) is 20.0. The molecule has 0 N–H and O–H groups in total. The van der Waals surface area contributed by atoms with Gasteiger partial charge in [0.15, 0.2) is 0 Å². The average Bonchev–Trinajstić information content (AvgIpc) is 3.74. The maximum Gasteiger partial charge on any atom is 0.101 e. The van der Waals surface area contributed by atoms with Gasteiger partial charge < -0.3 is 9.13 Å². The second kappa shape index (κ2) is 13.8. The molecular weight excluding hydrogens is 717 g/mol. The lowest BCUT2D eigenvalue weighted by Crippen LogP contribution is -2.04. The fourth-order valence-corrected chi connectivity index (χ4v) is 9.38. The van der Waals surface area contributed by atoms with Crippen molar-refractivity contribution >= 4 is 43.6 Å². The Morgan fingerprint density at radius 2 is 0.814 bits per heavy atom. The third-order valence-electron chi connectivity index (χ3n) is 11.7. The molecule has 0 saturated carbocycles. The van der Waals surface area contributed by atoms with E-state index in [1.807, 2.05) is 25.1 Å². The summed E-state index contributed by atoms with van der Waals surface area (Å²) in [5.41, 5.74) is 19.4. The molecule has 4 nitrogen and oxygen atoms in total. The van der Waals surface area contributed by atoms with Crippen LogP contribution in [0.2, 0.25) is 0 Å². The zero-order valence-corrected chi connectivity index (χ0v) is 33.7. The number of aryl methyl sites for hydroxylation is 5. The number of benzene rings is 8. The molecule has 0 radical (unpaired) electrons. The summed E-state index contributed by atoms with van der Waals surface area (Å²) in [6.07, 6.45) is 0. The minimum Gasteiger partial charge on any atom is -0.309 e. The third-order valence-corrected chi connectivity index (χ3v) is 11.7. The quantitative estimate of drug-likeness (QED) is 0.176. The van der Waals surface area contributed by atoms with Gasteiger partial charge in [0.25, 0.3) is 0 Å². The number of aromatic nitrogens is 2. The Labute approximate surface area is 344 Å². The smallest absolute Gasteiger partial charge is 0.101 e. The molecule has 4 heteroatoms. The second-order valence-corrected chi connectivity index (χ2v) is 16.1. The summed E-state index contributed by atoms with van der Waals surface area (Å²) in [5.74, 6) is 0. The zero-order valence-electron chi connectivity index (χ0n) is 33.7. The van der Waals surface area contributed by atoms with Gasteiger partial charge in [0, 0.05) is 27.1 Å². The predicted molar refractivity (Wildman–Crippen MR) is 245 cm³/mol. The van der Waals surface area contributed by atoms with E-state index in [0.29, 0.717) is 11.1 Å². The second-order valence-electron chi connectivity index (χ2n) is 16.1. The molecule has 10 rings (SSSR count). The summed E-state index contributed by atoms with van der Waals surface area (Å²) in [7, 11) is 0. The number of para-hydroxylation sites is 2. The van der Waals surface area contributed by atoms with Crippen molar-refractivity contribution in [2.75, 3.05) is 0 Å². The van der Waals surface area contributed by atoms with Gasteiger partial charge in [-0.1, -0.05) is 113 Å². The van der Waals surface area contributed by atoms with Crippen molar-refractivity contribution in [1.82, 2.24) is 9.13 Å². The van der Waals surface area contributed by atoms with E-state index < -0.39 is 0 Å². The van der Waals surface area contributed by atoms with Crippen LogP contribution in [0.1, 0.15) is 38.9 Å². The van der Waals surface area contributed by atoms with Crippen LogP contribution < -0.4 is 0 Å². The Balaban J connectivity index is 1.27. The Morgan fingerprint density at radius 1 is 0.356 bits per heavy atom. The number of fused-ring (bicyclic) bond motifs is 6. The lowest BCUT2D eigenvalue weighted by atomic mass is 9.96. The molecule has 0 aliphatic carbocycles. The van der Waals surface area contributed by atoms with Crippen molar-refractivity contribution in [3.63, 3.8) is 0 Å². The fraction of sp³-hybridized carbons (Fsp3) is 0.0909. The van der Waals surface area contributed by atoms with E-state index in [-0.39, 0.29) is 0 Å². The van der Waals surface area contributed by atoms with Crippen LogP contribution in [0, 0.1) is 57.3 Å². The molecule has 0 aliphatic heterocycles. The molecule has 8 aromatic carbocycles. The summed E-state index contributed by atoms with van der Waals surface area (Å²) < 4.78 is 4.54. The monoisotopic (exact) mass is 756 g/mol. The lowest BCUT2D eigenvalue weighted by Gasteiger charge is -2.19. The fourth-order valence-electron chi connectivity index (χ4n) is 9.38. The van der Waals surface area contributed by atoms with E-state index in [2.05, 4.69) is 182 Å². The standard InChI is InChI=1S/C55H40N4/c1-33-18-34(2)22-41(21-33)39-14-16-52-48(27-39)45-10-6-8-12-50(45)58(52)54-30-47(43-25-37(5)20-38(26-43)31-56)55(29-44(54)32-57)59-51-13-9-7-11-46(51)49-28-40(15-17-53(49)59)42-23-35(3)19-36(4)24-42/h6-30H,1-5H3. The normalized spacial score (nSPS) is 11.4. The molecule has 0 atom stereocenters. The molecule has 0 spiro atoms. The molecule has 59 heavy (non-hydrogen) atoms. The van der Waals surface area contributed by atoms with Gasteiger partial charge in [-0.15, -0.1) is 0 Å². The van der Waals surface area contributed by atoms with E-state index in [1.165, 1.54) is 33.4 Å². The van der Waals surface area contributed by atoms with Crippen molar-refractivity contribution in [3.8, 4) is 56.9 Å². The van der Waals surface area contributed by atoms with Gasteiger partial charge in [-0.05, 0) is 129 Å². The van der Waals surface area contributed by atoms with E-state index in [1.54, 1.807) is 0 Å². The molecule has 2 aromatic heterocycles. The molecule has 0 fully saturated rings. The van der Waals surface area contributed by atoms with E-state index in [9.17, 15) is 10.5 Å². The SMILES string of the molecule is Cc1cc(C)cc(-c2ccc3c(c2)c2ccccc2n3-c2cc(-c3cc(C)cc(C#N)c3)c(-n3c4ccccc4c4cc(-c5cc(C)cc(C)c5)ccc43)cc2C#N)c1. The highest BCUT2D eigenvalue weighted by atomic mass is 15.0. The summed E-state index contributed by atoms with van der Waals surface area (Å²) in [6, 6.07) is 59.0. The molecule has 0 bridgehead atoms. The highest BCUT2D eigenvalue weighted by Gasteiger charge is 2.23. The van der Waals surface area contributed by atoms with Gasteiger partial charge in [-0.3, -0.25) is 0 Å². The van der Waals surface area contributed by atoms with Crippen LogP contribution in [-0.2, 0) is 0 Å². The van der Waals surface area contributed by atoms with Crippen molar-refractivity contribution in [3.05, 3.63) is 191 Å². The Kier molecular flexibility index (Phi) is 8.34. The van der Waals surface area contributed by atoms with Crippen LogP contribution >= 0.6 is 0 Å². The molecule has 280 valence electrons. The Bertz CT molecular complexity index is 3430. The minimum absolute atomic E-state index is 0.552. The van der Waals surface area contributed by atoms with Crippen LogP contribution in [0.15, 0.2) is 152 Å². The van der Waals surface area contributed by atoms with Crippen LogP contribution in [-0.4, -0.2) is 9.13 Å². The first kappa shape index (κ1) is 35.7. The summed E-state index contributed by atoms with van der Waals surface area (Å²) in [4.78, 5) is 0. The third kappa shape index (κ3) is 5.97. The van der Waals surface area contributed by atoms with Crippen molar-refractivity contribution in [1.29, 1.82) is 10.5 Å². The van der Waals surface area contributed by atoms with Gasteiger partial charge in [0.2, 0.25) is 0 Å². The molecule has 0 aliphatic rings. The molecule has 0 unspecified atom stereocenters. The van der Waals surface area contributed by atoms with Gasteiger partial charge in [-0.25, -0.2) is 0 Å². The van der Waals surface area contributed by atoms with Crippen LogP contribution in [0.25, 0.3) is 88.4 Å². The van der Waals surface area contributed by atoms with E-state index >= 15 is 0 Å². The maximum atomic E-state index is 11.1. The topological polar surface area (TPSA) is 57.4 Å². The highest BCUT2D eigenvalue weighted by molar-refractivity contribution is 6.12. The molecule has 10 aromatic rings. The van der Waals surface area contributed by atoms with Gasteiger partial charge in [0.1, 0.15) is 6.07 Å². The summed E-state index contributed by atoms with van der Waals surface area (Å²) in [5, 5.41) is 25.8. The van der Waals surface area contributed by atoms with E-state index in [0.717, 1.165) is 82.8 Å². The first-order chi connectivity index (χ1) is 28.7. The molecular formula is C55H40N4. The Morgan fingerprint density at radius 3 is 1.32 bits per heavy atom. The van der Waals surface area contributed by atoms with Crippen LogP contribution in [0.5, 0.6) is 0 Å². The maximum absolute atomic E-state index is 11.1. The first-order valence-electron chi connectivity index (χ1n) is 20.0. The van der Waals surface area contributed by atoms with Crippen molar-refractivity contribution in [2.24, 2.45) is 0 Å². The van der Waals surface area contributed by atoms with E-state index in [4.69, 9.17) is 0 Å². The minimum atomic E-state index is 0.552. The molecule has 0 amide bonds. The lowest BCUT2D eigenvalue weighted by molar-refractivity contribution is 1.13. The Hall–Kier alpha value is -7.66.